The number of nitrogens with one attached hydrogen (secondary N) is 1. The van der Waals surface area contributed by atoms with E-state index in [1.54, 1.807) is 6.07 Å². The number of amides is 1. The number of benzene rings is 2. The van der Waals surface area contributed by atoms with Crippen LogP contribution in [-0.4, -0.2) is 5.91 Å². The summed E-state index contributed by atoms with van der Waals surface area (Å²) in [5.74, 6) is -0.831. The fourth-order valence-corrected chi connectivity index (χ4v) is 2.15. The normalized spacial score (nSPS) is 10.7. The van der Waals surface area contributed by atoms with Gasteiger partial charge in [-0.25, -0.2) is 4.39 Å². The molecule has 1 N–H and O–H groups in total. The highest BCUT2D eigenvalue weighted by molar-refractivity contribution is 6.31. The Morgan fingerprint density at radius 3 is 2.60 bits per heavy atom. The number of carbonyl (C=O) groups is 1. The average molecular weight is 292 g/mol. The Morgan fingerprint density at radius 2 is 1.90 bits per heavy atom. The highest BCUT2D eigenvalue weighted by Crippen LogP contribution is 2.25. The molecule has 2 nitrogen and oxygen atoms in total. The molecule has 2 aromatic rings. The van der Waals surface area contributed by atoms with Crippen molar-refractivity contribution in [3.8, 4) is 0 Å². The standard InChI is InChI=1S/C16H15ClFNO/c1-10(2)12-5-3-4-6-15(12)19-16(20)13-9-11(17)7-8-14(13)18/h3-10H,1-2H3,(H,19,20). The van der Waals surface area contributed by atoms with Gasteiger partial charge < -0.3 is 5.32 Å². The highest BCUT2D eigenvalue weighted by atomic mass is 35.5. The monoisotopic (exact) mass is 291 g/mol. The molecule has 0 radical (unpaired) electrons. The average Bonchev–Trinajstić information content (AvgIpc) is 2.41. The van der Waals surface area contributed by atoms with E-state index in [4.69, 9.17) is 11.6 Å². The smallest absolute Gasteiger partial charge is 0.258 e. The van der Waals surface area contributed by atoms with E-state index in [-0.39, 0.29) is 11.5 Å². The fourth-order valence-electron chi connectivity index (χ4n) is 1.98. The van der Waals surface area contributed by atoms with Crippen molar-refractivity contribution in [2.75, 3.05) is 5.32 Å². The van der Waals surface area contributed by atoms with Crippen LogP contribution >= 0.6 is 11.6 Å². The minimum absolute atomic E-state index is 0.0592. The van der Waals surface area contributed by atoms with Crippen LogP contribution in [0, 0.1) is 5.82 Å². The Labute approximate surface area is 122 Å². The fraction of sp³-hybridized carbons (Fsp3) is 0.188. The van der Waals surface area contributed by atoms with E-state index in [0.29, 0.717) is 10.7 Å². The lowest BCUT2D eigenvalue weighted by atomic mass is 10.0. The summed E-state index contributed by atoms with van der Waals surface area (Å²) < 4.78 is 13.7. The quantitative estimate of drug-likeness (QED) is 0.860. The molecule has 0 heterocycles. The first-order chi connectivity index (χ1) is 9.49. The predicted molar refractivity (Wildman–Crippen MR) is 79.9 cm³/mol. The van der Waals surface area contributed by atoms with Gasteiger partial charge in [-0.15, -0.1) is 0 Å². The van der Waals surface area contributed by atoms with Crippen molar-refractivity contribution < 1.29 is 9.18 Å². The van der Waals surface area contributed by atoms with Gasteiger partial charge in [-0.2, -0.15) is 0 Å². The van der Waals surface area contributed by atoms with Gasteiger partial charge in [0, 0.05) is 10.7 Å². The van der Waals surface area contributed by atoms with E-state index in [0.717, 1.165) is 5.56 Å². The third-order valence-electron chi connectivity index (χ3n) is 3.00. The zero-order valence-corrected chi connectivity index (χ0v) is 12.0. The molecule has 20 heavy (non-hydrogen) atoms. The zero-order valence-electron chi connectivity index (χ0n) is 11.3. The first-order valence-corrected chi connectivity index (χ1v) is 6.72. The molecular formula is C16H15ClFNO. The van der Waals surface area contributed by atoms with Crippen LogP contribution in [-0.2, 0) is 0 Å². The van der Waals surface area contributed by atoms with E-state index in [2.05, 4.69) is 5.32 Å². The Bertz CT molecular complexity index is 640. The summed E-state index contributed by atoms with van der Waals surface area (Å²) in [6.45, 7) is 4.07. The highest BCUT2D eigenvalue weighted by Gasteiger charge is 2.14. The summed E-state index contributed by atoms with van der Waals surface area (Å²) in [5, 5.41) is 3.07. The molecule has 0 saturated carbocycles. The van der Waals surface area contributed by atoms with Gasteiger partial charge in [0.15, 0.2) is 0 Å². The molecule has 1 amide bonds. The molecule has 0 unspecified atom stereocenters. The van der Waals surface area contributed by atoms with Gasteiger partial charge in [0.05, 0.1) is 5.56 Å². The van der Waals surface area contributed by atoms with Crippen molar-refractivity contribution >= 4 is 23.2 Å². The topological polar surface area (TPSA) is 29.1 Å². The summed E-state index contributed by atoms with van der Waals surface area (Å²) in [6.07, 6.45) is 0. The van der Waals surface area contributed by atoms with Crippen LogP contribution in [0.2, 0.25) is 5.02 Å². The van der Waals surface area contributed by atoms with E-state index in [9.17, 15) is 9.18 Å². The molecule has 0 aliphatic heterocycles. The SMILES string of the molecule is CC(C)c1ccccc1NC(=O)c1cc(Cl)ccc1F. The number of hydrogen-bond acceptors (Lipinski definition) is 1. The number of para-hydroxylation sites is 1. The van der Waals surface area contributed by atoms with Crippen LogP contribution in [0.3, 0.4) is 0 Å². The van der Waals surface area contributed by atoms with Crippen molar-refractivity contribution in [2.45, 2.75) is 19.8 Å². The number of rotatable bonds is 3. The van der Waals surface area contributed by atoms with Crippen molar-refractivity contribution in [3.63, 3.8) is 0 Å². The third-order valence-corrected chi connectivity index (χ3v) is 3.24. The first-order valence-electron chi connectivity index (χ1n) is 6.34. The molecule has 104 valence electrons. The molecule has 0 aromatic heterocycles. The van der Waals surface area contributed by atoms with Gasteiger partial charge in [0.25, 0.3) is 5.91 Å². The van der Waals surface area contributed by atoms with E-state index >= 15 is 0 Å². The van der Waals surface area contributed by atoms with Crippen LogP contribution in [0.25, 0.3) is 0 Å². The van der Waals surface area contributed by atoms with Crippen molar-refractivity contribution in [1.29, 1.82) is 0 Å². The molecule has 2 aromatic carbocycles. The first kappa shape index (κ1) is 14.5. The molecule has 0 bridgehead atoms. The number of hydrogen-bond donors (Lipinski definition) is 1. The second-order valence-corrected chi connectivity index (χ2v) is 5.26. The third kappa shape index (κ3) is 3.17. The van der Waals surface area contributed by atoms with Crippen molar-refractivity contribution in [1.82, 2.24) is 0 Å². The minimum Gasteiger partial charge on any atom is -0.322 e. The van der Waals surface area contributed by atoms with E-state index in [1.165, 1.54) is 18.2 Å². The summed E-state index contributed by atoms with van der Waals surface area (Å²) in [7, 11) is 0. The van der Waals surface area contributed by atoms with Gasteiger partial charge >= 0.3 is 0 Å². The van der Waals surface area contributed by atoms with Gasteiger partial charge in [0.1, 0.15) is 5.82 Å². The maximum atomic E-state index is 13.7. The lowest BCUT2D eigenvalue weighted by molar-refractivity contribution is 0.102. The van der Waals surface area contributed by atoms with Crippen molar-refractivity contribution in [3.05, 3.63) is 64.4 Å². The molecule has 0 aliphatic carbocycles. The Balaban J connectivity index is 2.31. The Kier molecular flexibility index (Phi) is 4.40. The van der Waals surface area contributed by atoms with Gasteiger partial charge in [-0.05, 0) is 35.7 Å². The molecule has 0 spiro atoms. The maximum absolute atomic E-state index is 13.7. The summed E-state index contributed by atoms with van der Waals surface area (Å²) in [4.78, 5) is 12.2. The Hall–Kier alpha value is -1.87. The second-order valence-electron chi connectivity index (χ2n) is 4.82. The molecule has 0 aliphatic rings. The number of halogens is 2. The van der Waals surface area contributed by atoms with Crippen LogP contribution in [0.5, 0.6) is 0 Å². The zero-order chi connectivity index (χ0) is 14.7. The number of carbonyl (C=O) groups excluding carboxylic acids is 1. The van der Waals surface area contributed by atoms with Gasteiger partial charge in [-0.3, -0.25) is 4.79 Å². The molecule has 0 fully saturated rings. The molecule has 0 saturated heterocycles. The summed E-state index contributed by atoms with van der Waals surface area (Å²) in [5.41, 5.74) is 1.63. The van der Waals surface area contributed by atoms with Crippen LogP contribution in [0.15, 0.2) is 42.5 Å². The van der Waals surface area contributed by atoms with Crippen molar-refractivity contribution in [2.24, 2.45) is 0 Å². The lowest BCUT2D eigenvalue weighted by Crippen LogP contribution is -2.15. The molecule has 0 atom stereocenters. The van der Waals surface area contributed by atoms with Gasteiger partial charge in [0.2, 0.25) is 0 Å². The molecule has 2 rings (SSSR count). The van der Waals surface area contributed by atoms with E-state index in [1.807, 2.05) is 32.0 Å². The summed E-state index contributed by atoms with van der Waals surface area (Å²) >= 11 is 5.80. The lowest BCUT2D eigenvalue weighted by Gasteiger charge is -2.14. The van der Waals surface area contributed by atoms with Crippen LogP contribution in [0.4, 0.5) is 10.1 Å². The molecular weight excluding hydrogens is 277 g/mol. The predicted octanol–water partition coefficient (Wildman–Crippen LogP) is 4.85. The van der Waals surface area contributed by atoms with E-state index < -0.39 is 11.7 Å². The maximum Gasteiger partial charge on any atom is 0.258 e. The summed E-state index contributed by atoms with van der Waals surface area (Å²) in [6, 6.07) is 11.4. The molecule has 4 heteroatoms. The van der Waals surface area contributed by atoms with Crippen LogP contribution in [0.1, 0.15) is 35.7 Å². The minimum atomic E-state index is -0.589. The Morgan fingerprint density at radius 1 is 1.20 bits per heavy atom. The largest absolute Gasteiger partial charge is 0.322 e. The number of anilines is 1. The van der Waals surface area contributed by atoms with Crippen LogP contribution < -0.4 is 5.32 Å². The van der Waals surface area contributed by atoms with Gasteiger partial charge in [-0.1, -0.05) is 43.6 Å². The second kappa shape index (κ2) is 6.06.